The maximum Gasteiger partial charge on any atom is 0.0810 e. The Balaban J connectivity index is 0.00000144. The Hall–Kier alpha value is 0.650. The third kappa shape index (κ3) is 4.61. The third-order valence-electron chi connectivity index (χ3n) is 2.74. The minimum atomic E-state index is -0.0402. The molecule has 2 nitrogen and oxygen atoms in total. The molecule has 0 aromatic heterocycles. The fraction of sp³-hybridized carbons (Fsp3) is 1.00. The molecule has 0 aromatic rings. The molecule has 0 heterocycles. The first-order valence-electron chi connectivity index (χ1n) is 4.87. The predicted octanol–water partition coefficient (Wildman–Crippen LogP) is -1.90. The zero-order chi connectivity index (χ0) is 9.35. The Morgan fingerprint density at radius 3 is 2.08 bits per heavy atom. The Labute approximate surface area is 98.9 Å². The maximum atomic E-state index is 9.56. The second kappa shape index (κ2) is 4.94. The average Bonchev–Trinajstić information content (AvgIpc) is 2.07. The number of halogens is 1. The summed E-state index contributed by atoms with van der Waals surface area (Å²) in [5, 5.41) is 9.56. The summed E-state index contributed by atoms with van der Waals surface area (Å²) in [5.74, 6) is 1.25. The molecule has 0 amide bonds. The van der Waals surface area contributed by atoms with Gasteiger partial charge in [0, 0.05) is 5.92 Å². The largest absolute Gasteiger partial charge is 1.00 e. The van der Waals surface area contributed by atoms with Crippen LogP contribution >= 0.6 is 0 Å². The summed E-state index contributed by atoms with van der Waals surface area (Å²) in [5.41, 5.74) is 0. The van der Waals surface area contributed by atoms with Crippen LogP contribution < -0.4 is 24.0 Å². The molecule has 1 rings (SSSR count). The number of quaternary nitrogens is 1. The summed E-state index contributed by atoms with van der Waals surface area (Å²) in [6.45, 7) is 3.35. The van der Waals surface area contributed by atoms with E-state index in [1.165, 1.54) is 13.0 Å². The predicted molar refractivity (Wildman–Crippen MR) is 50.8 cm³/mol. The molecule has 1 aliphatic carbocycles. The van der Waals surface area contributed by atoms with Crippen molar-refractivity contribution in [3.8, 4) is 0 Å². The van der Waals surface area contributed by atoms with Crippen molar-refractivity contribution >= 4 is 0 Å². The van der Waals surface area contributed by atoms with Gasteiger partial charge in [0.2, 0.25) is 0 Å². The molecule has 3 atom stereocenters. The Morgan fingerprint density at radius 2 is 1.77 bits per heavy atom. The highest BCUT2D eigenvalue weighted by atomic mass is 127. The lowest BCUT2D eigenvalue weighted by Gasteiger charge is -2.27. The van der Waals surface area contributed by atoms with Crippen LogP contribution in [0.2, 0.25) is 0 Å². The molecule has 13 heavy (non-hydrogen) atoms. The van der Waals surface area contributed by atoms with Crippen LogP contribution in [-0.4, -0.2) is 43.4 Å². The van der Waals surface area contributed by atoms with Crippen LogP contribution in [0.4, 0.5) is 0 Å². The van der Waals surface area contributed by atoms with E-state index in [1.807, 2.05) is 0 Å². The molecule has 0 bridgehead atoms. The minimum absolute atomic E-state index is 0. The van der Waals surface area contributed by atoms with Crippen LogP contribution in [0.3, 0.4) is 0 Å². The molecule has 3 heteroatoms. The van der Waals surface area contributed by atoms with Crippen LogP contribution in [0.5, 0.6) is 0 Å². The van der Waals surface area contributed by atoms with E-state index in [-0.39, 0.29) is 30.1 Å². The van der Waals surface area contributed by atoms with Gasteiger partial charge >= 0.3 is 0 Å². The topological polar surface area (TPSA) is 20.2 Å². The summed E-state index contributed by atoms with van der Waals surface area (Å²) in [6.07, 6.45) is 2.18. The van der Waals surface area contributed by atoms with E-state index in [9.17, 15) is 5.11 Å². The quantitative estimate of drug-likeness (QED) is 0.467. The zero-order valence-corrected chi connectivity index (χ0v) is 11.3. The molecule has 1 N–H and O–H groups in total. The van der Waals surface area contributed by atoms with E-state index in [0.29, 0.717) is 5.92 Å². The highest BCUT2D eigenvalue weighted by molar-refractivity contribution is 4.80. The molecular weight excluding hydrogens is 277 g/mol. The van der Waals surface area contributed by atoms with Gasteiger partial charge in [0.15, 0.2) is 0 Å². The van der Waals surface area contributed by atoms with Crippen molar-refractivity contribution in [1.29, 1.82) is 0 Å². The lowest BCUT2D eigenvalue weighted by molar-refractivity contribution is -0.873. The van der Waals surface area contributed by atoms with Gasteiger partial charge in [0.05, 0.1) is 33.8 Å². The number of nitrogens with zero attached hydrogens (tertiary/aromatic N) is 1. The van der Waals surface area contributed by atoms with E-state index in [4.69, 9.17) is 0 Å². The van der Waals surface area contributed by atoms with Gasteiger partial charge in [0.1, 0.15) is 0 Å². The number of aliphatic hydroxyl groups is 1. The summed E-state index contributed by atoms with van der Waals surface area (Å²) < 4.78 is 1.02. The van der Waals surface area contributed by atoms with Crippen LogP contribution in [0, 0.1) is 11.8 Å². The lowest BCUT2D eigenvalue weighted by atomic mass is 10.1. The number of rotatable bonds is 2. The van der Waals surface area contributed by atoms with Gasteiger partial charge in [-0.2, -0.15) is 0 Å². The van der Waals surface area contributed by atoms with Crippen LogP contribution in [0.1, 0.15) is 19.8 Å². The zero-order valence-electron chi connectivity index (χ0n) is 9.13. The van der Waals surface area contributed by atoms with Crippen molar-refractivity contribution < 1.29 is 33.6 Å². The second-order valence-corrected chi connectivity index (χ2v) is 5.35. The van der Waals surface area contributed by atoms with Crippen molar-refractivity contribution in [2.45, 2.75) is 25.9 Å². The molecule has 0 radical (unpaired) electrons. The Morgan fingerprint density at radius 1 is 1.23 bits per heavy atom. The van der Waals surface area contributed by atoms with Gasteiger partial charge in [-0.15, -0.1) is 0 Å². The highest BCUT2D eigenvalue weighted by Gasteiger charge is 2.32. The number of aliphatic hydroxyl groups excluding tert-OH is 1. The molecule has 1 aliphatic rings. The van der Waals surface area contributed by atoms with Crippen molar-refractivity contribution in [1.82, 2.24) is 0 Å². The van der Waals surface area contributed by atoms with Crippen LogP contribution in [0.15, 0.2) is 0 Å². The highest BCUT2D eigenvalue weighted by Crippen LogP contribution is 2.31. The van der Waals surface area contributed by atoms with E-state index in [2.05, 4.69) is 28.1 Å². The normalized spacial score (nSPS) is 34.4. The fourth-order valence-electron chi connectivity index (χ4n) is 2.28. The van der Waals surface area contributed by atoms with Crippen molar-refractivity contribution in [2.24, 2.45) is 11.8 Å². The van der Waals surface area contributed by atoms with E-state index in [1.54, 1.807) is 0 Å². The third-order valence-corrected chi connectivity index (χ3v) is 2.74. The Kier molecular flexibility index (Phi) is 5.18. The molecule has 0 spiro atoms. The smallest absolute Gasteiger partial charge is 0.0810 e. The van der Waals surface area contributed by atoms with Crippen LogP contribution in [-0.2, 0) is 0 Å². The van der Waals surface area contributed by atoms with E-state index in [0.717, 1.165) is 16.8 Å². The minimum Gasteiger partial charge on any atom is -1.00 e. The molecule has 0 aliphatic heterocycles. The van der Waals surface area contributed by atoms with Gasteiger partial charge in [-0.05, 0) is 18.8 Å². The van der Waals surface area contributed by atoms with Crippen molar-refractivity contribution in [3.63, 3.8) is 0 Å². The summed E-state index contributed by atoms with van der Waals surface area (Å²) >= 11 is 0. The van der Waals surface area contributed by atoms with Crippen LogP contribution in [0.25, 0.3) is 0 Å². The molecule has 3 unspecified atom stereocenters. The second-order valence-electron chi connectivity index (χ2n) is 5.35. The maximum absolute atomic E-state index is 9.56. The molecule has 1 saturated carbocycles. The van der Waals surface area contributed by atoms with E-state index >= 15 is 0 Å². The van der Waals surface area contributed by atoms with E-state index < -0.39 is 0 Å². The molecule has 0 saturated heterocycles. The van der Waals surface area contributed by atoms with Crippen molar-refractivity contribution in [2.75, 3.05) is 27.7 Å². The summed E-state index contributed by atoms with van der Waals surface area (Å²) in [7, 11) is 6.65. The summed E-state index contributed by atoms with van der Waals surface area (Å²) in [6, 6.07) is 0. The standard InChI is InChI=1S/C10H22NO.HI/c1-8-5-9(6-10(8)12)7-11(2,3)4;/h8-10,12H,5-7H2,1-4H3;1H/q+1;/p-1. The first kappa shape index (κ1) is 13.7. The Bertz CT molecular complexity index is 145. The molecule has 80 valence electrons. The van der Waals surface area contributed by atoms with Gasteiger partial charge in [0.25, 0.3) is 0 Å². The molecule has 1 fully saturated rings. The van der Waals surface area contributed by atoms with Gasteiger partial charge in [-0.3, -0.25) is 0 Å². The van der Waals surface area contributed by atoms with Gasteiger partial charge < -0.3 is 33.6 Å². The molecule has 0 aromatic carbocycles. The summed E-state index contributed by atoms with van der Waals surface area (Å²) in [4.78, 5) is 0. The lowest BCUT2D eigenvalue weighted by Crippen LogP contribution is -3.00. The first-order chi connectivity index (χ1) is 5.38. The van der Waals surface area contributed by atoms with Gasteiger partial charge in [-0.1, -0.05) is 6.92 Å². The monoisotopic (exact) mass is 299 g/mol. The molecular formula is C10H22INO. The average molecular weight is 299 g/mol. The number of hydrogen-bond donors (Lipinski definition) is 1. The SMILES string of the molecule is CC1CC(C[N+](C)(C)C)CC1O.[I-]. The van der Waals surface area contributed by atoms with Crippen molar-refractivity contribution in [3.05, 3.63) is 0 Å². The van der Waals surface area contributed by atoms with Gasteiger partial charge in [-0.25, -0.2) is 0 Å². The fourth-order valence-corrected chi connectivity index (χ4v) is 2.28. The number of hydrogen-bond acceptors (Lipinski definition) is 1. The first-order valence-corrected chi connectivity index (χ1v) is 4.87.